The number of benzene rings is 1. The number of Topliss-reactive ketones (excluding diaryl/α,β-unsaturated/α-hetero) is 1. The molecule has 1 rings (SSSR count). The molecule has 0 unspecified atom stereocenters. The fraction of sp³-hybridized carbons (Fsp3) is 0.222. The summed E-state index contributed by atoms with van der Waals surface area (Å²) in [6.07, 6.45) is 0. The third-order valence-corrected chi connectivity index (χ3v) is 2.20. The van der Waals surface area contributed by atoms with Crippen LogP contribution in [0, 0.1) is 5.82 Å². The Morgan fingerprint density at radius 1 is 1.64 bits per heavy atom. The van der Waals surface area contributed by atoms with Gasteiger partial charge in [-0.05, 0) is 6.07 Å². The molecule has 1 aromatic rings. The van der Waals surface area contributed by atoms with Gasteiger partial charge < -0.3 is 10.5 Å². The summed E-state index contributed by atoms with van der Waals surface area (Å²) in [4.78, 5) is 11.3. The highest BCUT2D eigenvalue weighted by Gasteiger charge is 2.16. The first-order chi connectivity index (χ1) is 6.60. The zero-order chi connectivity index (χ0) is 10.7. The normalized spacial score (nSPS) is 9.93. The van der Waals surface area contributed by atoms with Crippen molar-refractivity contribution < 1.29 is 13.9 Å². The van der Waals surface area contributed by atoms with Gasteiger partial charge in [-0.2, -0.15) is 0 Å². The van der Waals surface area contributed by atoms with E-state index in [9.17, 15) is 9.18 Å². The molecule has 0 bridgehead atoms. The SMILES string of the molecule is COc1c(F)cc(N)cc1C(=O)CBr. The number of carbonyl (C=O) groups is 1. The number of rotatable bonds is 3. The Labute approximate surface area is 89.2 Å². The van der Waals surface area contributed by atoms with Gasteiger partial charge in [0.15, 0.2) is 17.3 Å². The topological polar surface area (TPSA) is 52.3 Å². The molecule has 0 atom stereocenters. The lowest BCUT2D eigenvalue weighted by atomic mass is 10.1. The van der Waals surface area contributed by atoms with E-state index in [1.165, 1.54) is 13.2 Å². The van der Waals surface area contributed by atoms with Crippen LogP contribution in [0.25, 0.3) is 0 Å². The molecule has 0 aliphatic heterocycles. The summed E-state index contributed by atoms with van der Waals surface area (Å²) in [7, 11) is 1.31. The molecule has 0 saturated carbocycles. The van der Waals surface area contributed by atoms with Gasteiger partial charge in [0.2, 0.25) is 0 Å². The summed E-state index contributed by atoms with van der Waals surface area (Å²) in [5.74, 6) is -0.964. The molecule has 14 heavy (non-hydrogen) atoms. The molecule has 0 heterocycles. The van der Waals surface area contributed by atoms with E-state index in [2.05, 4.69) is 15.9 Å². The minimum Gasteiger partial charge on any atom is -0.493 e. The summed E-state index contributed by atoms with van der Waals surface area (Å²) in [6.45, 7) is 0. The van der Waals surface area contributed by atoms with E-state index < -0.39 is 5.82 Å². The van der Waals surface area contributed by atoms with Crippen molar-refractivity contribution in [2.24, 2.45) is 0 Å². The Balaban J connectivity index is 3.32. The standard InChI is InChI=1S/C9H9BrFNO2/c1-14-9-6(8(13)4-10)2-5(12)3-7(9)11/h2-3H,4,12H2,1H3. The number of halogens is 2. The first-order valence-electron chi connectivity index (χ1n) is 3.82. The van der Waals surface area contributed by atoms with Crippen LogP contribution in [0.15, 0.2) is 12.1 Å². The van der Waals surface area contributed by atoms with Crippen LogP contribution in [0.5, 0.6) is 5.75 Å². The van der Waals surface area contributed by atoms with Gasteiger partial charge in [-0.25, -0.2) is 4.39 Å². The smallest absolute Gasteiger partial charge is 0.177 e. The first kappa shape index (κ1) is 11.0. The molecule has 2 N–H and O–H groups in total. The number of carbonyl (C=O) groups excluding carboxylic acids is 1. The van der Waals surface area contributed by atoms with E-state index in [1.54, 1.807) is 0 Å². The number of nitrogens with two attached hydrogens (primary N) is 1. The summed E-state index contributed by atoms with van der Waals surface area (Å²) in [6, 6.07) is 2.51. The van der Waals surface area contributed by atoms with Crippen LogP contribution in [-0.2, 0) is 0 Å². The Hall–Kier alpha value is -1.10. The molecule has 0 aliphatic rings. The van der Waals surface area contributed by atoms with Crippen molar-refractivity contribution >= 4 is 27.4 Å². The second-order valence-electron chi connectivity index (χ2n) is 2.64. The van der Waals surface area contributed by atoms with Crippen LogP contribution in [0.4, 0.5) is 10.1 Å². The summed E-state index contributed by atoms with van der Waals surface area (Å²) < 4.78 is 18.0. The minimum absolute atomic E-state index is 0.0661. The van der Waals surface area contributed by atoms with E-state index in [1.807, 2.05) is 0 Å². The molecule has 3 nitrogen and oxygen atoms in total. The van der Waals surface area contributed by atoms with Crippen molar-refractivity contribution in [3.63, 3.8) is 0 Å². The number of methoxy groups -OCH3 is 1. The van der Waals surface area contributed by atoms with Gasteiger partial charge in [0.05, 0.1) is 18.0 Å². The number of ketones is 1. The molecule has 0 radical (unpaired) electrons. The van der Waals surface area contributed by atoms with Gasteiger partial charge in [-0.1, -0.05) is 15.9 Å². The van der Waals surface area contributed by atoms with Crippen LogP contribution < -0.4 is 10.5 Å². The van der Waals surface area contributed by atoms with Crippen molar-refractivity contribution in [1.82, 2.24) is 0 Å². The Morgan fingerprint density at radius 3 is 2.79 bits per heavy atom. The Morgan fingerprint density at radius 2 is 2.29 bits per heavy atom. The van der Waals surface area contributed by atoms with Crippen LogP contribution in [0.3, 0.4) is 0 Å². The maximum Gasteiger partial charge on any atom is 0.177 e. The lowest BCUT2D eigenvalue weighted by Crippen LogP contribution is -2.06. The highest BCUT2D eigenvalue weighted by molar-refractivity contribution is 9.09. The molecule has 0 saturated heterocycles. The highest BCUT2D eigenvalue weighted by atomic mass is 79.9. The Kier molecular flexibility index (Phi) is 3.46. The lowest BCUT2D eigenvalue weighted by Gasteiger charge is -2.08. The molecule has 0 fully saturated rings. The minimum atomic E-state index is -0.628. The van der Waals surface area contributed by atoms with Crippen LogP contribution in [0.2, 0.25) is 0 Å². The van der Waals surface area contributed by atoms with E-state index in [0.717, 1.165) is 6.07 Å². The highest BCUT2D eigenvalue weighted by Crippen LogP contribution is 2.26. The van der Waals surface area contributed by atoms with Gasteiger partial charge in [-0.3, -0.25) is 4.79 Å². The number of hydrogen-bond acceptors (Lipinski definition) is 3. The predicted molar refractivity (Wildman–Crippen MR) is 55.5 cm³/mol. The number of nitrogen functional groups attached to an aromatic ring is 1. The molecule has 0 aliphatic carbocycles. The van der Waals surface area contributed by atoms with E-state index in [0.29, 0.717) is 0 Å². The van der Waals surface area contributed by atoms with Gasteiger partial charge in [0.1, 0.15) is 0 Å². The van der Waals surface area contributed by atoms with E-state index in [4.69, 9.17) is 10.5 Å². The fourth-order valence-corrected chi connectivity index (χ4v) is 1.40. The van der Waals surface area contributed by atoms with Crippen molar-refractivity contribution in [1.29, 1.82) is 0 Å². The second-order valence-corrected chi connectivity index (χ2v) is 3.20. The zero-order valence-corrected chi connectivity index (χ0v) is 9.10. The zero-order valence-electron chi connectivity index (χ0n) is 7.51. The van der Waals surface area contributed by atoms with Gasteiger partial charge >= 0.3 is 0 Å². The molecule has 0 aromatic heterocycles. The lowest BCUT2D eigenvalue weighted by molar-refractivity contribution is 0.102. The van der Waals surface area contributed by atoms with Crippen molar-refractivity contribution in [3.8, 4) is 5.75 Å². The largest absolute Gasteiger partial charge is 0.493 e. The molecular formula is C9H9BrFNO2. The number of anilines is 1. The van der Waals surface area contributed by atoms with Crippen molar-refractivity contribution in [2.45, 2.75) is 0 Å². The molecule has 0 amide bonds. The average molecular weight is 262 g/mol. The van der Waals surface area contributed by atoms with E-state index in [-0.39, 0.29) is 28.1 Å². The molecule has 1 aromatic carbocycles. The third-order valence-electron chi connectivity index (χ3n) is 1.69. The molecule has 0 spiro atoms. The molecule has 76 valence electrons. The molecule has 5 heteroatoms. The van der Waals surface area contributed by atoms with Gasteiger partial charge in [-0.15, -0.1) is 0 Å². The summed E-state index contributed by atoms with van der Waals surface area (Å²) >= 11 is 3.00. The van der Waals surface area contributed by atoms with E-state index >= 15 is 0 Å². The fourth-order valence-electron chi connectivity index (χ4n) is 1.10. The van der Waals surface area contributed by atoms with Crippen LogP contribution in [-0.4, -0.2) is 18.2 Å². The van der Waals surface area contributed by atoms with Crippen molar-refractivity contribution in [3.05, 3.63) is 23.5 Å². The van der Waals surface area contributed by atoms with Crippen molar-refractivity contribution in [2.75, 3.05) is 18.2 Å². The predicted octanol–water partition coefficient (Wildman–Crippen LogP) is 1.99. The second kappa shape index (κ2) is 4.41. The Bertz CT molecular complexity index is 368. The maximum absolute atomic E-state index is 13.2. The number of alkyl halides is 1. The monoisotopic (exact) mass is 261 g/mol. The van der Waals surface area contributed by atoms with Gasteiger partial charge in [0.25, 0.3) is 0 Å². The first-order valence-corrected chi connectivity index (χ1v) is 4.94. The summed E-state index contributed by atoms with van der Waals surface area (Å²) in [5, 5.41) is 0.103. The third kappa shape index (κ3) is 2.04. The van der Waals surface area contributed by atoms with Gasteiger partial charge in [0, 0.05) is 11.8 Å². The average Bonchev–Trinajstić information content (AvgIpc) is 2.15. The number of hydrogen-bond donors (Lipinski definition) is 1. The number of ether oxygens (including phenoxy) is 1. The quantitative estimate of drug-likeness (QED) is 0.515. The summed E-state index contributed by atoms with van der Waals surface area (Å²) in [5.41, 5.74) is 5.77. The van der Waals surface area contributed by atoms with Crippen LogP contribution in [0.1, 0.15) is 10.4 Å². The maximum atomic E-state index is 13.2. The molecular weight excluding hydrogens is 253 g/mol. The van der Waals surface area contributed by atoms with Crippen LogP contribution >= 0.6 is 15.9 Å².